The molecule has 3 nitrogen and oxygen atoms in total. The smallest absolute Gasteiger partial charge is 0.327 e. The Kier molecular flexibility index (Phi) is 2.97. The summed E-state index contributed by atoms with van der Waals surface area (Å²) in [5.74, 6) is 0. The van der Waals surface area contributed by atoms with Crippen molar-refractivity contribution in [2.45, 2.75) is 25.1 Å². The highest BCUT2D eigenvalue weighted by Crippen LogP contribution is 2.32. The molecule has 0 atom stereocenters. The molecule has 0 aliphatic carbocycles. The highest BCUT2D eigenvalue weighted by Gasteiger charge is 2.31. The van der Waals surface area contributed by atoms with E-state index in [0.29, 0.717) is 11.6 Å². The second-order valence-electron chi connectivity index (χ2n) is 4.83. The van der Waals surface area contributed by atoms with E-state index < -0.39 is 11.7 Å². The molecule has 0 saturated carbocycles. The van der Waals surface area contributed by atoms with Gasteiger partial charge in [0, 0.05) is 6.04 Å². The van der Waals surface area contributed by atoms with E-state index in [1.54, 1.807) is 6.33 Å². The van der Waals surface area contributed by atoms with Crippen molar-refractivity contribution in [1.29, 1.82) is 0 Å². The predicted octanol–water partition coefficient (Wildman–Crippen LogP) is 2.98. The van der Waals surface area contributed by atoms with Crippen molar-refractivity contribution < 1.29 is 13.2 Å². The molecule has 1 N–H and O–H groups in total. The van der Waals surface area contributed by atoms with Crippen molar-refractivity contribution in [3.05, 3.63) is 30.1 Å². The summed E-state index contributed by atoms with van der Waals surface area (Å²) in [6.45, 7) is 1.87. The second-order valence-corrected chi connectivity index (χ2v) is 4.83. The van der Waals surface area contributed by atoms with Crippen LogP contribution in [0.3, 0.4) is 0 Å². The number of piperidine rings is 1. The number of hydrogen-bond donors (Lipinski definition) is 1. The molecule has 19 heavy (non-hydrogen) atoms. The van der Waals surface area contributed by atoms with E-state index in [9.17, 15) is 13.2 Å². The fourth-order valence-electron chi connectivity index (χ4n) is 2.58. The number of aromatic nitrogens is 2. The third kappa shape index (κ3) is 2.32. The summed E-state index contributed by atoms with van der Waals surface area (Å²) in [6.07, 6.45) is -0.702. The molecule has 0 amide bonds. The minimum Gasteiger partial charge on any atom is -0.327 e. The first-order valence-electron chi connectivity index (χ1n) is 6.30. The lowest BCUT2D eigenvalue weighted by Crippen LogP contribution is -2.29. The van der Waals surface area contributed by atoms with E-state index in [0.717, 1.165) is 43.6 Å². The van der Waals surface area contributed by atoms with Gasteiger partial charge in [0.2, 0.25) is 0 Å². The molecular formula is C13H14F3N3. The number of fused-ring (bicyclic) bond motifs is 1. The Hall–Kier alpha value is -1.56. The molecular weight excluding hydrogens is 255 g/mol. The number of imidazole rings is 1. The Morgan fingerprint density at radius 3 is 2.63 bits per heavy atom. The first-order valence-corrected chi connectivity index (χ1v) is 6.30. The largest absolute Gasteiger partial charge is 0.416 e. The molecule has 1 aromatic carbocycles. The average Bonchev–Trinajstić information content (AvgIpc) is 2.81. The highest BCUT2D eigenvalue weighted by molar-refractivity contribution is 5.76. The van der Waals surface area contributed by atoms with Gasteiger partial charge >= 0.3 is 6.18 Å². The van der Waals surface area contributed by atoms with Crippen LogP contribution in [0.2, 0.25) is 0 Å². The van der Waals surface area contributed by atoms with Gasteiger partial charge in [0.1, 0.15) is 0 Å². The molecule has 0 spiro atoms. The van der Waals surface area contributed by atoms with Gasteiger partial charge in [-0.1, -0.05) is 0 Å². The number of hydrogen-bond acceptors (Lipinski definition) is 2. The third-order valence-corrected chi connectivity index (χ3v) is 3.60. The molecule has 0 bridgehead atoms. The molecule has 102 valence electrons. The lowest BCUT2D eigenvalue weighted by atomic mass is 10.1. The molecule has 0 unspecified atom stereocenters. The van der Waals surface area contributed by atoms with Gasteiger partial charge in [0.05, 0.1) is 22.9 Å². The van der Waals surface area contributed by atoms with Crippen LogP contribution in [0.1, 0.15) is 24.4 Å². The predicted molar refractivity (Wildman–Crippen MR) is 65.9 cm³/mol. The molecule has 6 heteroatoms. The summed E-state index contributed by atoms with van der Waals surface area (Å²) >= 11 is 0. The average molecular weight is 269 g/mol. The van der Waals surface area contributed by atoms with E-state index in [4.69, 9.17) is 0 Å². The second kappa shape index (κ2) is 4.52. The summed E-state index contributed by atoms with van der Waals surface area (Å²) < 4.78 is 39.9. The summed E-state index contributed by atoms with van der Waals surface area (Å²) in [6, 6.07) is 4.09. The van der Waals surface area contributed by atoms with Gasteiger partial charge in [-0.05, 0) is 44.1 Å². The van der Waals surface area contributed by atoms with Gasteiger partial charge in [-0.25, -0.2) is 4.98 Å². The van der Waals surface area contributed by atoms with E-state index in [1.807, 2.05) is 4.57 Å². The number of alkyl halides is 3. The molecule has 3 rings (SSSR count). The SMILES string of the molecule is FC(F)(F)c1ccc2c(c1)ncn2C1CCNCC1. The Bertz CT molecular complexity index is 582. The maximum atomic E-state index is 12.6. The third-order valence-electron chi connectivity index (χ3n) is 3.60. The molecule has 0 radical (unpaired) electrons. The van der Waals surface area contributed by atoms with Crippen LogP contribution in [0.25, 0.3) is 11.0 Å². The van der Waals surface area contributed by atoms with Crippen molar-refractivity contribution in [2.24, 2.45) is 0 Å². The van der Waals surface area contributed by atoms with Crippen LogP contribution in [0.4, 0.5) is 13.2 Å². The molecule has 1 saturated heterocycles. The number of nitrogens with zero attached hydrogens (tertiary/aromatic N) is 2. The lowest BCUT2D eigenvalue weighted by Gasteiger charge is -2.24. The standard InChI is InChI=1S/C13H14F3N3/c14-13(15,16)9-1-2-12-11(7-9)18-8-19(12)10-3-5-17-6-4-10/h1-2,7-8,10,17H,3-6H2. The first-order chi connectivity index (χ1) is 9.05. The monoisotopic (exact) mass is 269 g/mol. The van der Waals surface area contributed by atoms with Crippen LogP contribution in [0.5, 0.6) is 0 Å². The van der Waals surface area contributed by atoms with E-state index in [1.165, 1.54) is 6.07 Å². The minimum absolute atomic E-state index is 0.322. The number of nitrogens with one attached hydrogen (secondary N) is 1. The summed E-state index contributed by atoms with van der Waals surface area (Å²) in [4.78, 5) is 4.11. The Morgan fingerprint density at radius 1 is 1.21 bits per heavy atom. The summed E-state index contributed by atoms with van der Waals surface area (Å²) in [5, 5.41) is 3.27. The maximum absolute atomic E-state index is 12.6. The molecule has 1 aliphatic heterocycles. The number of benzene rings is 1. The van der Waals surface area contributed by atoms with Crippen LogP contribution in [0.15, 0.2) is 24.5 Å². The van der Waals surface area contributed by atoms with Crippen LogP contribution in [-0.4, -0.2) is 22.6 Å². The van der Waals surface area contributed by atoms with Crippen LogP contribution in [0, 0.1) is 0 Å². The van der Waals surface area contributed by atoms with Crippen molar-refractivity contribution in [1.82, 2.24) is 14.9 Å². The van der Waals surface area contributed by atoms with Crippen molar-refractivity contribution >= 4 is 11.0 Å². The highest BCUT2D eigenvalue weighted by atomic mass is 19.4. The Balaban J connectivity index is 2.00. The topological polar surface area (TPSA) is 29.9 Å². The molecule has 2 heterocycles. The molecule has 1 aliphatic rings. The van der Waals surface area contributed by atoms with Crippen molar-refractivity contribution in [2.75, 3.05) is 13.1 Å². The van der Waals surface area contributed by atoms with Crippen LogP contribution < -0.4 is 5.32 Å². The van der Waals surface area contributed by atoms with Gasteiger partial charge in [-0.3, -0.25) is 0 Å². The summed E-state index contributed by atoms with van der Waals surface area (Å²) in [7, 11) is 0. The maximum Gasteiger partial charge on any atom is 0.416 e. The van der Waals surface area contributed by atoms with E-state index >= 15 is 0 Å². The number of halogens is 3. The Morgan fingerprint density at radius 2 is 1.95 bits per heavy atom. The van der Waals surface area contributed by atoms with Crippen LogP contribution in [-0.2, 0) is 6.18 Å². The fraction of sp³-hybridized carbons (Fsp3) is 0.462. The van der Waals surface area contributed by atoms with Gasteiger partial charge < -0.3 is 9.88 Å². The zero-order chi connectivity index (χ0) is 13.5. The van der Waals surface area contributed by atoms with E-state index in [-0.39, 0.29) is 0 Å². The fourth-order valence-corrected chi connectivity index (χ4v) is 2.58. The van der Waals surface area contributed by atoms with Crippen molar-refractivity contribution in [3.8, 4) is 0 Å². The van der Waals surface area contributed by atoms with E-state index in [2.05, 4.69) is 10.3 Å². The molecule has 1 fully saturated rings. The lowest BCUT2D eigenvalue weighted by molar-refractivity contribution is -0.137. The van der Waals surface area contributed by atoms with Gasteiger partial charge in [-0.2, -0.15) is 13.2 Å². The minimum atomic E-state index is -4.31. The van der Waals surface area contributed by atoms with Gasteiger partial charge in [0.25, 0.3) is 0 Å². The zero-order valence-electron chi connectivity index (χ0n) is 10.2. The molecule has 1 aromatic heterocycles. The first kappa shape index (κ1) is 12.5. The van der Waals surface area contributed by atoms with Crippen LogP contribution >= 0.6 is 0 Å². The normalized spacial score (nSPS) is 18.1. The molecule has 2 aromatic rings. The zero-order valence-corrected chi connectivity index (χ0v) is 10.2. The number of rotatable bonds is 1. The summed E-state index contributed by atoms with van der Waals surface area (Å²) in [5.41, 5.74) is 0.545. The Labute approximate surface area is 108 Å². The van der Waals surface area contributed by atoms with Gasteiger partial charge in [0.15, 0.2) is 0 Å². The van der Waals surface area contributed by atoms with Crippen molar-refractivity contribution in [3.63, 3.8) is 0 Å². The van der Waals surface area contributed by atoms with Gasteiger partial charge in [-0.15, -0.1) is 0 Å². The quantitative estimate of drug-likeness (QED) is 0.862.